The van der Waals surface area contributed by atoms with Crippen LogP contribution in [-0.4, -0.2) is 60.4 Å². The molecule has 0 aliphatic carbocycles. The van der Waals surface area contributed by atoms with Crippen LogP contribution in [0.5, 0.6) is 0 Å². The van der Waals surface area contributed by atoms with E-state index in [9.17, 15) is 18.3 Å². The van der Waals surface area contributed by atoms with Gasteiger partial charge in [-0.15, -0.1) is 0 Å². The Morgan fingerprint density at radius 3 is 2.68 bits per heavy atom. The minimum absolute atomic E-state index is 0.183. The smallest absolute Gasteiger partial charge is 0.407 e. The van der Waals surface area contributed by atoms with Crippen LogP contribution in [0.4, 0.5) is 16.3 Å². The number of benzene rings is 1. The number of anilines is 2. The normalized spacial score (nSPS) is 17.3. The highest BCUT2D eigenvalue weighted by Crippen LogP contribution is 2.40. The topological polar surface area (TPSA) is 117 Å². The number of piperidine rings is 1. The van der Waals surface area contributed by atoms with Crippen molar-refractivity contribution in [2.75, 3.05) is 30.8 Å². The maximum atomic E-state index is 11.9. The number of nitrogens with zero attached hydrogens (tertiary/aromatic N) is 4. The molecule has 5 rings (SSSR count). The van der Waals surface area contributed by atoms with Crippen LogP contribution >= 0.6 is 0 Å². The number of carbonyl (C=O) groups is 1. The number of hydrogen-bond acceptors (Lipinski definition) is 7. The van der Waals surface area contributed by atoms with Crippen LogP contribution in [0.15, 0.2) is 40.1 Å². The van der Waals surface area contributed by atoms with E-state index < -0.39 is 15.9 Å². The first-order valence-electron chi connectivity index (χ1n) is 10.1. The van der Waals surface area contributed by atoms with Crippen LogP contribution in [0.1, 0.15) is 29.9 Å². The largest absolute Gasteiger partial charge is 0.465 e. The van der Waals surface area contributed by atoms with Crippen molar-refractivity contribution in [2.45, 2.75) is 30.1 Å². The number of likely N-dealkylation sites (tertiary alicyclic amines) is 1. The van der Waals surface area contributed by atoms with Gasteiger partial charge in [0.05, 0.1) is 11.2 Å². The number of fused-ring (bicyclic) bond motifs is 2. The molecule has 1 saturated heterocycles. The second-order valence-corrected chi connectivity index (χ2v) is 10.1. The molecule has 2 aliphatic heterocycles. The Kier molecular flexibility index (Phi) is 4.62. The van der Waals surface area contributed by atoms with Crippen molar-refractivity contribution in [3.8, 4) is 0 Å². The van der Waals surface area contributed by atoms with E-state index in [0.29, 0.717) is 42.4 Å². The Labute approximate surface area is 179 Å². The Hall–Kier alpha value is -3.14. The van der Waals surface area contributed by atoms with Gasteiger partial charge in [-0.05, 0) is 48.9 Å². The number of aromatic nitrogens is 2. The van der Waals surface area contributed by atoms with E-state index in [0.717, 1.165) is 35.2 Å². The van der Waals surface area contributed by atoms with Gasteiger partial charge in [-0.1, -0.05) is 0 Å². The van der Waals surface area contributed by atoms with E-state index in [4.69, 9.17) is 4.42 Å². The quantitative estimate of drug-likeness (QED) is 0.657. The van der Waals surface area contributed by atoms with Crippen molar-refractivity contribution in [2.24, 2.45) is 0 Å². The molecule has 3 aromatic rings. The molecule has 31 heavy (non-hydrogen) atoms. The Morgan fingerprint density at radius 2 is 1.97 bits per heavy atom. The predicted octanol–water partition coefficient (Wildman–Crippen LogP) is 3.18. The molecule has 162 valence electrons. The lowest BCUT2D eigenvalue weighted by molar-refractivity contribution is 0.132. The minimum Gasteiger partial charge on any atom is -0.465 e. The van der Waals surface area contributed by atoms with Crippen LogP contribution < -0.4 is 4.90 Å². The van der Waals surface area contributed by atoms with Gasteiger partial charge in [-0.3, -0.25) is 0 Å². The molecular formula is C21H22N4O5S. The monoisotopic (exact) mass is 442 g/mol. The molecular weight excluding hydrogens is 420 g/mol. The summed E-state index contributed by atoms with van der Waals surface area (Å²) in [6.07, 6.45) is 5.72. The van der Waals surface area contributed by atoms with Crippen molar-refractivity contribution in [3.05, 3.63) is 41.9 Å². The molecule has 4 heterocycles. The van der Waals surface area contributed by atoms with Crippen LogP contribution in [0.2, 0.25) is 0 Å². The zero-order chi connectivity index (χ0) is 21.8. The number of rotatable bonds is 3. The van der Waals surface area contributed by atoms with Gasteiger partial charge >= 0.3 is 6.09 Å². The van der Waals surface area contributed by atoms with Crippen LogP contribution in [0, 0.1) is 0 Å². The first kappa shape index (κ1) is 19.8. The maximum absolute atomic E-state index is 11.9. The van der Waals surface area contributed by atoms with Crippen LogP contribution in [0.3, 0.4) is 0 Å². The highest BCUT2D eigenvalue weighted by molar-refractivity contribution is 7.90. The fourth-order valence-electron chi connectivity index (χ4n) is 4.55. The summed E-state index contributed by atoms with van der Waals surface area (Å²) in [6, 6.07) is 5.17. The van der Waals surface area contributed by atoms with E-state index in [1.54, 1.807) is 18.4 Å². The Morgan fingerprint density at radius 1 is 1.19 bits per heavy atom. The molecule has 2 aromatic heterocycles. The molecule has 0 saturated carbocycles. The molecule has 0 radical (unpaired) electrons. The third kappa shape index (κ3) is 3.40. The summed E-state index contributed by atoms with van der Waals surface area (Å²) in [6.45, 7) is 1.65. The Bertz CT molecular complexity index is 1280. The molecule has 1 aromatic carbocycles. The lowest BCUT2D eigenvalue weighted by Gasteiger charge is -2.29. The molecule has 0 atom stereocenters. The molecule has 0 spiro atoms. The predicted molar refractivity (Wildman–Crippen MR) is 114 cm³/mol. The van der Waals surface area contributed by atoms with Crippen molar-refractivity contribution in [1.29, 1.82) is 0 Å². The van der Waals surface area contributed by atoms with Crippen molar-refractivity contribution < 1.29 is 22.7 Å². The summed E-state index contributed by atoms with van der Waals surface area (Å²) in [7, 11) is -3.26. The maximum Gasteiger partial charge on any atom is 0.407 e. The van der Waals surface area contributed by atoms with Gasteiger partial charge in [-0.2, -0.15) is 0 Å². The van der Waals surface area contributed by atoms with Crippen LogP contribution in [-0.2, 0) is 16.3 Å². The molecule has 1 N–H and O–H groups in total. The Balaban J connectivity index is 1.48. The van der Waals surface area contributed by atoms with Gasteiger partial charge in [0.1, 0.15) is 11.8 Å². The highest BCUT2D eigenvalue weighted by atomic mass is 32.2. The fourth-order valence-corrected chi connectivity index (χ4v) is 5.22. The second-order valence-electron chi connectivity index (χ2n) is 8.07. The van der Waals surface area contributed by atoms with Gasteiger partial charge in [0.2, 0.25) is 0 Å². The van der Waals surface area contributed by atoms with Gasteiger partial charge in [0.25, 0.3) is 0 Å². The number of carboxylic acid groups (broad SMARTS) is 1. The summed E-state index contributed by atoms with van der Waals surface area (Å²) >= 11 is 0. The number of hydrogen-bond donors (Lipinski definition) is 1. The van der Waals surface area contributed by atoms with E-state index >= 15 is 0 Å². The van der Waals surface area contributed by atoms with E-state index in [1.165, 1.54) is 17.5 Å². The van der Waals surface area contributed by atoms with Gasteiger partial charge in [-0.25, -0.2) is 23.2 Å². The van der Waals surface area contributed by atoms with Gasteiger partial charge in [0, 0.05) is 37.1 Å². The lowest BCUT2D eigenvalue weighted by atomic mass is 9.90. The summed E-state index contributed by atoms with van der Waals surface area (Å²) in [4.78, 5) is 23.9. The molecule has 0 bridgehead atoms. The summed E-state index contributed by atoms with van der Waals surface area (Å²) < 4.78 is 29.7. The first-order valence-corrected chi connectivity index (χ1v) is 12.0. The standard InChI is InChI=1S/C21H22N4O5S/c1-31(28,29)15-2-3-17-14(10-15)6-9-25(17)20-19-18(22-12-23-20)16(11-30-19)13-4-7-24(8-5-13)21(26)27/h2-3,10-13H,4-9H2,1H3,(H,26,27). The average molecular weight is 442 g/mol. The summed E-state index contributed by atoms with van der Waals surface area (Å²) in [5, 5.41) is 9.17. The molecule has 10 heteroatoms. The number of sulfone groups is 1. The number of amides is 1. The van der Waals surface area contributed by atoms with E-state index in [2.05, 4.69) is 9.97 Å². The van der Waals surface area contributed by atoms with Crippen molar-refractivity contribution in [3.63, 3.8) is 0 Å². The average Bonchev–Trinajstić information content (AvgIpc) is 3.37. The van der Waals surface area contributed by atoms with Gasteiger partial charge < -0.3 is 19.3 Å². The third-order valence-corrected chi connectivity index (χ3v) is 7.31. The van der Waals surface area contributed by atoms with E-state index in [-0.39, 0.29) is 5.92 Å². The van der Waals surface area contributed by atoms with Crippen molar-refractivity contribution in [1.82, 2.24) is 14.9 Å². The van der Waals surface area contributed by atoms with Gasteiger partial charge in [0.15, 0.2) is 21.2 Å². The zero-order valence-electron chi connectivity index (χ0n) is 17.0. The molecule has 0 unspecified atom stereocenters. The first-order chi connectivity index (χ1) is 14.8. The highest BCUT2D eigenvalue weighted by Gasteiger charge is 2.30. The minimum atomic E-state index is -3.26. The SMILES string of the molecule is CS(=O)(=O)c1ccc2c(c1)CCN2c1ncnc2c(C3CCN(C(=O)O)CC3)coc12. The van der Waals surface area contributed by atoms with Crippen molar-refractivity contribution >= 4 is 38.5 Å². The van der Waals surface area contributed by atoms with Crippen LogP contribution in [0.25, 0.3) is 11.1 Å². The second kappa shape index (κ2) is 7.23. The fraction of sp³-hybridized carbons (Fsp3) is 0.381. The third-order valence-electron chi connectivity index (χ3n) is 6.20. The number of furan rings is 1. The summed E-state index contributed by atoms with van der Waals surface area (Å²) in [5.41, 5.74) is 4.20. The lowest BCUT2D eigenvalue weighted by Crippen LogP contribution is -2.36. The molecule has 1 amide bonds. The molecule has 2 aliphatic rings. The van der Waals surface area contributed by atoms with E-state index in [1.807, 2.05) is 11.0 Å². The molecule has 9 nitrogen and oxygen atoms in total. The zero-order valence-corrected chi connectivity index (χ0v) is 17.8. The summed E-state index contributed by atoms with van der Waals surface area (Å²) in [5.74, 6) is 0.841. The molecule has 1 fully saturated rings.